The molecule has 1 aliphatic heterocycles. The topological polar surface area (TPSA) is 15.3 Å². The van der Waals surface area contributed by atoms with Gasteiger partial charge in [0.1, 0.15) is 0 Å². The summed E-state index contributed by atoms with van der Waals surface area (Å²) in [6.45, 7) is 13.4. The number of nitrogens with zero attached hydrogens (tertiary/aromatic N) is 1. The van der Waals surface area contributed by atoms with Gasteiger partial charge >= 0.3 is 0 Å². The average Bonchev–Trinajstić information content (AvgIpc) is 2.72. The molecule has 2 unspecified atom stereocenters. The van der Waals surface area contributed by atoms with Crippen molar-refractivity contribution < 1.29 is 0 Å². The van der Waals surface area contributed by atoms with Gasteiger partial charge in [0.15, 0.2) is 0 Å². The number of hydrogen-bond donors (Lipinski definition) is 1. The Labute approximate surface area is 120 Å². The predicted octanol–water partition coefficient (Wildman–Crippen LogP) is 3.67. The highest BCUT2D eigenvalue weighted by atomic mass is 15.2. The molecule has 0 aromatic rings. The van der Waals surface area contributed by atoms with Crippen molar-refractivity contribution in [2.24, 2.45) is 11.3 Å². The Balaban J connectivity index is 1.94. The maximum absolute atomic E-state index is 3.85. The van der Waals surface area contributed by atoms with Crippen molar-refractivity contribution in [3.8, 4) is 0 Å². The van der Waals surface area contributed by atoms with E-state index in [9.17, 15) is 0 Å². The first-order valence-corrected chi connectivity index (χ1v) is 8.56. The summed E-state index contributed by atoms with van der Waals surface area (Å²) in [7, 11) is 0. The second-order valence-electron chi connectivity index (χ2n) is 7.41. The van der Waals surface area contributed by atoms with Crippen molar-refractivity contribution in [3.05, 3.63) is 0 Å². The van der Waals surface area contributed by atoms with Crippen LogP contribution in [-0.4, -0.2) is 36.6 Å². The molecule has 2 fully saturated rings. The zero-order chi connectivity index (χ0) is 13.9. The number of hydrogen-bond acceptors (Lipinski definition) is 2. The minimum atomic E-state index is 0.474. The molecule has 0 aromatic heterocycles. The van der Waals surface area contributed by atoms with Crippen LogP contribution in [0.5, 0.6) is 0 Å². The highest BCUT2D eigenvalue weighted by Crippen LogP contribution is 2.41. The van der Waals surface area contributed by atoms with Crippen molar-refractivity contribution in [1.82, 2.24) is 10.2 Å². The van der Waals surface area contributed by atoms with Crippen LogP contribution >= 0.6 is 0 Å². The summed E-state index contributed by atoms with van der Waals surface area (Å²) >= 11 is 0. The first-order chi connectivity index (χ1) is 9.08. The summed E-state index contributed by atoms with van der Waals surface area (Å²) in [4.78, 5) is 2.80. The molecular formula is C17H34N2. The fourth-order valence-electron chi connectivity index (χ4n) is 4.16. The molecule has 1 N–H and O–H groups in total. The Kier molecular flexibility index (Phi) is 5.30. The fourth-order valence-corrected chi connectivity index (χ4v) is 4.16. The molecule has 0 aromatic carbocycles. The van der Waals surface area contributed by atoms with E-state index in [1.165, 1.54) is 58.2 Å². The van der Waals surface area contributed by atoms with Crippen LogP contribution in [0.2, 0.25) is 0 Å². The molecule has 2 heteroatoms. The van der Waals surface area contributed by atoms with Gasteiger partial charge in [0.25, 0.3) is 0 Å². The van der Waals surface area contributed by atoms with E-state index in [0.717, 1.165) is 12.0 Å². The minimum Gasteiger partial charge on any atom is -0.312 e. The largest absolute Gasteiger partial charge is 0.312 e. The zero-order valence-electron chi connectivity index (χ0n) is 13.5. The van der Waals surface area contributed by atoms with Crippen molar-refractivity contribution >= 4 is 0 Å². The number of piperidine rings is 1. The van der Waals surface area contributed by atoms with Gasteiger partial charge in [-0.05, 0) is 63.1 Å². The Bertz CT molecular complexity index is 266. The van der Waals surface area contributed by atoms with E-state index in [-0.39, 0.29) is 0 Å². The molecule has 1 saturated carbocycles. The lowest BCUT2D eigenvalue weighted by atomic mass is 9.85. The third-order valence-electron chi connectivity index (χ3n) is 5.62. The predicted molar refractivity (Wildman–Crippen MR) is 83.5 cm³/mol. The molecule has 19 heavy (non-hydrogen) atoms. The van der Waals surface area contributed by atoms with Gasteiger partial charge in [0.05, 0.1) is 0 Å². The molecule has 112 valence electrons. The zero-order valence-corrected chi connectivity index (χ0v) is 13.5. The van der Waals surface area contributed by atoms with Gasteiger partial charge in [0.2, 0.25) is 0 Å². The summed E-state index contributed by atoms with van der Waals surface area (Å²) in [6, 6.07) is 1.49. The summed E-state index contributed by atoms with van der Waals surface area (Å²) < 4.78 is 0. The van der Waals surface area contributed by atoms with Crippen LogP contribution < -0.4 is 5.32 Å². The molecular weight excluding hydrogens is 232 g/mol. The average molecular weight is 266 g/mol. The first-order valence-electron chi connectivity index (χ1n) is 8.56. The van der Waals surface area contributed by atoms with Gasteiger partial charge < -0.3 is 5.32 Å². The molecule has 1 saturated heterocycles. The van der Waals surface area contributed by atoms with Gasteiger partial charge in [-0.25, -0.2) is 0 Å². The quantitative estimate of drug-likeness (QED) is 0.817. The summed E-state index contributed by atoms with van der Waals surface area (Å²) in [6.07, 6.45) is 8.25. The van der Waals surface area contributed by atoms with Crippen molar-refractivity contribution in [3.63, 3.8) is 0 Å². The maximum Gasteiger partial charge on any atom is 0.0274 e. The SMILES string of the molecule is CCCNC1C(N2CCC(CC)CC2)CCC1(C)C. The van der Waals surface area contributed by atoms with Crippen LogP contribution in [0.4, 0.5) is 0 Å². The van der Waals surface area contributed by atoms with Crippen LogP contribution in [0, 0.1) is 11.3 Å². The second kappa shape index (κ2) is 6.58. The lowest BCUT2D eigenvalue weighted by Crippen LogP contribution is -2.53. The normalized spacial score (nSPS) is 32.8. The number of likely N-dealkylation sites (tertiary alicyclic amines) is 1. The summed E-state index contributed by atoms with van der Waals surface area (Å²) in [5, 5.41) is 3.85. The van der Waals surface area contributed by atoms with E-state index in [0.29, 0.717) is 11.5 Å². The van der Waals surface area contributed by atoms with E-state index in [1.54, 1.807) is 0 Å². The smallest absolute Gasteiger partial charge is 0.0274 e. The fraction of sp³-hybridized carbons (Fsp3) is 1.00. The van der Waals surface area contributed by atoms with E-state index in [1.807, 2.05) is 0 Å². The van der Waals surface area contributed by atoms with Crippen molar-refractivity contribution in [1.29, 1.82) is 0 Å². The van der Waals surface area contributed by atoms with E-state index in [2.05, 4.69) is 37.9 Å². The third-order valence-corrected chi connectivity index (χ3v) is 5.62. The van der Waals surface area contributed by atoms with Crippen LogP contribution in [-0.2, 0) is 0 Å². The van der Waals surface area contributed by atoms with Gasteiger partial charge in [0, 0.05) is 12.1 Å². The number of nitrogens with one attached hydrogen (secondary N) is 1. The molecule has 0 amide bonds. The van der Waals surface area contributed by atoms with Gasteiger partial charge in [-0.1, -0.05) is 34.1 Å². The van der Waals surface area contributed by atoms with Crippen LogP contribution in [0.25, 0.3) is 0 Å². The first kappa shape index (κ1) is 15.3. The van der Waals surface area contributed by atoms with E-state index >= 15 is 0 Å². The van der Waals surface area contributed by atoms with Crippen LogP contribution in [0.15, 0.2) is 0 Å². The molecule has 0 radical (unpaired) electrons. The lowest BCUT2D eigenvalue weighted by Gasteiger charge is -2.41. The van der Waals surface area contributed by atoms with Crippen LogP contribution in [0.3, 0.4) is 0 Å². The molecule has 2 nitrogen and oxygen atoms in total. The second-order valence-corrected chi connectivity index (χ2v) is 7.41. The summed E-state index contributed by atoms with van der Waals surface area (Å²) in [5.74, 6) is 0.993. The van der Waals surface area contributed by atoms with Crippen molar-refractivity contribution in [2.45, 2.75) is 78.3 Å². The Morgan fingerprint density at radius 1 is 1.11 bits per heavy atom. The Morgan fingerprint density at radius 2 is 1.79 bits per heavy atom. The van der Waals surface area contributed by atoms with Gasteiger partial charge in [-0.2, -0.15) is 0 Å². The van der Waals surface area contributed by atoms with E-state index < -0.39 is 0 Å². The maximum atomic E-state index is 3.85. The highest BCUT2D eigenvalue weighted by molar-refractivity contribution is 5.01. The standard InChI is InChI=1S/C17H34N2/c1-5-11-18-16-15(7-10-17(16,3)4)19-12-8-14(6-2)9-13-19/h14-16,18H,5-13H2,1-4H3. The summed E-state index contributed by atoms with van der Waals surface area (Å²) in [5.41, 5.74) is 0.474. The molecule has 0 bridgehead atoms. The van der Waals surface area contributed by atoms with Crippen molar-refractivity contribution in [2.75, 3.05) is 19.6 Å². The molecule has 1 heterocycles. The number of rotatable bonds is 5. The van der Waals surface area contributed by atoms with Gasteiger partial charge in [-0.15, -0.1) is 0 Å². The molecule has 2 aliphatic rings. The third kappa shape index (κ3) is 3.52. The van der Waals surface area contributed by atoms with E-state index in [4.69, 9.17) is 0 Å². The molecule has 0 spiro atoms. The Morgan fingerprint density at radius 3 is 2.37 bits per heavy atom. The highest BCUT2D eigenvalue weighted by Gasteiger charge is 2.44. The Hall–Kier alpha value is -0.0800. The van der Waals surface area contributed by atoms with Gasteiger partial charge in [-0.3, -0.25) is 4.90 Å². The lowest BCUT2D eigenvalue weighted by molar-refractivity contribution is 0.101. The molecule has 1 aliphatic carbocycles. The van der Waals surface area contributed by atoms with Crippen LogP contribution in [0.1, 0.15) is 66.2 Å². The minimum absolute atomic E-state index is 0.474. The molecule has 2 rings (SSSR count). The molecule has 2 atom stereocenters. The monoisotopic (exact) mass is 266 g/mol.